The number of hydrogen-bond donors (Lipinski definition) is 1. The van der Waals surface area contributed by atoms with Gasteiger partial charge in [-0.25, -0.2) is 27.8 Å². The van der Waals surface area contributed by atoms with Gasteiger partial charge >= 0.3 is 0 Å². The van der Waals surface area contributed by atoms with Crippen LogP contribution in [0.5, 0.6) is 5.88 Å². The molecule has 0 spiro atoms. The predicted molar refractivity (Wildman–Crippen MR) is 147 cm³/mol. The molecule has 0 aliphatic rings. The smallest absolute Gasteiger partial charge is 0.212 e. The summed E-state index contributed by atoms with van der Waals surface area (Å²) in [5.41, 5.74) is 4.00. The number of nitrogens with zero attached hydrogens (tertiary/aromatic N) is 4. The highest BCUT2D eigenvalue weighted by molar-refractivity contribution is 7.90. The number of methoxy groups -OCH3 is 1. The van der Waals surface area contributed by atoms with Crippen LogP contribution >= 0.6 is 0 Å². The third kappa shape index (κ3) is 5.01. The highest BCUT2D eigenvalue weighted by Crippen LogP contribution is 2.39. The standard InChI is InChI=1S/C29H27FN4O5S/c1-16-14-34(17(2)32-16)25-8-6-19(21-11-24(30)23(15-35)26(12-21)40(5,36)37)10-22(25)28-29(39-18(3)33-28)20-7-9-27(38-4)31-13-20/h6-14,35H,15H2,1-5H3. The summed E-state index contributed by atoms with van der Waals surface area (Å²) in [7, 11) is -2.28. The van der Waals surface area contributed by atoms with Gasteiger partial charge in [0.15, 0.2) is 21.5 Å². The lowest BCUT2D eigenvalue weighted by Crippen LogP contribution is -2.06. The van der Waals surface area contributed by atoms with Crippen molar-refractivity contribution in [3.63, 3.8) is 0 Å². The van der Waals surface area contributed by atoms with Gasteiger partial charge in [0.25, 0.3) is 0 Å². The fraction of sp³-hybridized carbons (Fsp3) is 0.207. The van der Waals surface area contributed by atoms with Gasteiger partial charge in [-0.05, 0) is 55.3 Å². The number of aliphatic hydroxyl groups is 1. The topological polar surface area (TPSA) is 120 Å². The Balaban J connectivity index is 1.78. The molecule has 9 nitrogen and oxygen atoms in total. The number of rotatable bonds is 7. The minimum atomic E-state index is -3.82. The minimum absolute atomic E-state index is 0.265. The molecule has 0 bridgehead atoms. The van der Waals surface area contributed by atoms with E-state index in [1.165, 1.54) is 19.2 Å². The number of oxazole rings is 1. The van der Waals surface area contributed by atoms with E-state index in [0.717, 1.165) is 23.5 Å². The van der Waals surface area contributed by atoms with E-state index >= 15 is 4.39 Å². The van der Waals surface area contributed by atoms with Crippen LogP contribution in [0.4, 0.5) is 4.39 Å². The number of sulfone groups is 1. The summed E-state index contributed by atoms with van der Waals surface area (Å²) in [6.45, 7) is 4.77. The van der Waals surface area contributed by atoms with Crippen molar-refractivity contribution in [1.29, 1.82) is 0 Å². The number of pyridine rings is 1. The van der Waals surface area contributed by atoms with Gasteiger partial charge in [-0.3, -0.25) is 0 Å². The van der Waals surface area contributed by atoms with Crippen molar-refractivity contribution >= 4 is 9.84 Å². The zero-order valence-corrected chi connectivity index (χ0v) is 23.4. The van der Waals surface area contributed by atoms with Crippen LogP contribution in [0.2, 0.25) is 0 Å². The zero-order valence-electron chi connectivity index (χ0n) is 22.6. The molecule has 0 atom stereocenters. The maximum absolute atomic E-state index is 15.0. The van der Waals surface area contributed by atoms with Gasteiger partial charge < -0.3 is 18.8 Å². The molecule has 11 heteroatoms. The van der Waals surface area contributed by atoms with Crippen molar-refractivity contribution < 1.29 is 27.1 Å². The molecular formula is C29H27FN4O5S. The monoisotopic (exact) mass is 562 g/mol. The second kappa shape index (κ2) is 10.3. The van der Waals surface area contributed by atoms with Crippen LogP contribution < -0.4 is 4.74 Å². The number of benzene rings is 2. The zero-order chi connectivity index (χ0) is 28.8. The molecule has 0 fully saturated rings. The Hall–Kier alpha value is -4.35. The molecule has 0 unspecified atom stereocenters. The summed E-state index contributed by atoms with van der Waals surface area (Å²) >= 11 is 0. The molecular weight excluding hydrogens is 535 g/mol. The van der Waals surface area contributed by atoms with Gasteiger partial charge in [0, 0.05) is 48.3 Å². The lowest BCUT2D eigenvalue weighted by molar-refractivity contribution is 0.272. The fourth-order valence-electron chi connectivity index (χ4n) is 4.68. The van der Waals surface area contributed by atoms with E-state index in [9.17, 15) is 13.5 Å². The number of aromatic nitrogens is 4. The Morgan fingerprint density at radius 3 is 2.38 bits per heavy atom. The Morgan fingerprint density at radius 1 is 1.02 bits per heavy atom. The van der Waals surface area contributed by atoms with E-state index in [1.807, 2.05) is 36.7 Å². The lowest BCUT2D eigenvalue weighted by atomic mass is 9.97. The average molecular weight is 563 g/mol. The highest BCUT2D eigenvalue weighted by Gasteiger charge is 2.23. The number of hydrogen-bond acceptors (Lipinski definition) is 8. The molecule has 0 saturated carbocycles. The third-order valence-corrected chi connectivity index (χ3v) is 7.66. The summed E-state index contributed by atoms with van der Waals surface area (Å²) in [6, 6.07) is 11.5. The van der Waals surface area contributed by atoms with Crippen LogP contribution in [0.1, 0.15) is 23.0 Å². The van der Waals surface area contributed by atoms with E-state index in [-0.39, 0.29) is 10.5 Å². The largest absolute Gasteiger partial charge is 0.481 e. The lowest BCUT2D eigenvalue weighted by Gasteiger charge is -2.15. The Labute approximate surface area is 230 Å². The maximum atomic E-state index is 15.0. The van der Waals surface area contributed by atoms with E-state index < -0.39 is 22.3 Å². The molecule has 0 saturated heterocycles. The first-order valence-electron chi connectivity index (χ1n) is 12.3. The van der Waals surface area contributed by atoms with E-state index in [1.54, 1.807) is 31.3 Å². The van der Waals surface area contributed by atoms with Crippen LogP contribution in [-0.2, 0) is 16.4 Å². The molecule has 3 heterocycles. The fourth-order valence-corrected chi connectivity index (χ4v) is 5.63. The second-order valence-corrected chi connectivity index (χ2v) is 11.4. The molecule has 0 aliphatic carbocycles. The van der Waals surface area contributed by atoms with Gasteiger partial charge in [-0.15, -0.1) is 0 Å². The molecule has 5 rings (SSSR count). The summed E-state index contributed by atoms with van der Waals surface area (Å²) in [4.78, 5) is 13.3. The van der Waals surface area contributed by atoms with Gasteiger partial charge in [-0.1, -0.05) is 6.07 Å². The van der Waals surface area contributed by atoms with Gasteiger partial charge in [0.05, 0.1) is 30.0 Å². The normalized spacial score (nSPS) is 11.7. The van der Waals surface area contributed by atoms with Gasteiger partial charge in [0.1, 0.15) is 17.3 Å². The van der Waals surface area contributed by atoms with E-state index in [2.05, 4.69) is 9.97 Å². The first kappa shape index (κ1) is 27.2. The van der Waals surface area contributed by atoms with Crippen LogP contribution in [0.15, 0.2) is 64.2 Å². The second-order valence-electron chi connectivity index (χ2n) is 9.40. The van der Waals surface area contributed by atoms with Gasteiger partial charge in [-0.2, -0.15) is 0 Å². The first-order valence-corrected chi connectivity index (χ1v) is 14.2. The summed E-state index contributed by atoms with van der Waals surface area (Å²) < 4.78 is 53.0. The summed E-state index contributed by atoms with van der Waals surface area (Å²) in [6.07, 6.45) is 4.50. The molecule has 2 aromatic carbocycles. The Kier molecular flexibility index (Phi) is 7.03. The minimum Gasteiger partial charge on any atom is -0.481 e. The molecule has 3 aromatic heterocycles. The van der Waals surface area contributed by atoms with Crippen molar-refractivity contribution in [2.45, 2.75) is 32.3 Å². The molecule has 0 radical (unpaired) electrons. The molecule has 0 amide bonds. The third-order valence-electron chi connectivity index (χ3n) is 6.50. The van der Waals surface area contributed by atoms with Crippen molar-refractivity contribution in [2.75, 3.05) is 13.4 Å². The SMILES string of the molecule is COc1ccc(-c2oc(C)nc2-c2cc(-c3cc(F)c(CO)c(S(C)(=O)=O)c3)ccc2-n2cc(C)nc2C)cn1. The average Bonchev–Trinajstić information content (AvgIpc) is 3.48. The quantitative estimate of drug-likeness (QED) is 0.287. The van der Waals surface area contributed by atoms with Crippen molar-refractivity contribution in [3.05, 3.63) is 83.6 Å². The number of imidazole rings is 1. The summed E-state index contributed by atoms with van der Waals surface area (Å²) in [5, 5.41) is 9.64. The van der Waals surface area contributed by atoms with Crippen molar-refractivity contribution in [2.24, 2.45) is 0 Å². The maximum Gasteiger partial charge on any atom is 0.212 e. The van der Waals surface area contributed by atoms with Crippen LogP contribution in [0, 0.1) is 26.6 Å². The van der Waals surface area contributed by atoms with Gasteiger partial charge in [0.2, 0.25) is 5.88 Å². The first-order chi connectivity index (χ1) is 19.0. The van der Waals surface area contributed by atoms with Crippen LogP contribution in [0.25, 0.3) is 39.4 Å². The molecule has 1 N–H and O–H groups in total. The number of halogens is 1. The number of aliphatic hydroxyl groups excluding tert-OH is 1. The molecule has 40 heavy (non-hydrogen) atoms. The predicted octanol–water partition coefficient (Wildman–Crippen LogP) is 5.23. The Morgan fingerprint density at radius 2 is 1.77 bits per heavy atom. The summed E-state index contributed by atoms with van der Waals surface area (Å²) in [5.74, 6) is 1.28. The van der Waals surface area contributed by atoms with Crippen molar-refractivity contribution in [1.82, 2.24) is 19.5 Å². The molecule has 206 valence electrons. The molecule has 5 aromatic rings. The van der Waals surface area contributed by atoms with Crippen LogP contribution in [0.3, 0.4) is 0 Å². The Bertz CT molecular complexity index is 1840. The highest BCUT2D eigenvalue weighted by atomic mass is 32.2. The van der Waals surface area contributed by atoms with E-state index in [0.29, 0.717) is 45.5 Å². The number of aryl methyl sites for hydroxylation is 3. The van der Waals surface area contributed by atoms with Crippen molar-refractivity contribution in [3.8, 4) is 45.3 Å². The van der Waals surface area contributed by atoms with Crippen LogP contribution in [-0.4, -0.2) is 46.4 Å². The number of ether oxygens (including phenoxy) is 1. The molecule has 0 aliphatic heterocycles. The van der Waals surface area contributed by atoms with E-state index in [4.69, 9.17) is 14.1 Å².